The Labute approximate surface area is 123 Å². The second kappa shape index (κ2) is 5.92. The van der Waals surface area contributed by atoms with Crippen molar-refractivity contribution in [3.63, 3.8) is 0 Å². The lowest BCUT2D eigenvalue weighted by Gasteiger charge is -2.20. The fourth-order valence-electron chi connectivity index (χ4n) is 2.79. The van der Waals surface area contributed by atoms with Gasteiger partial charge >= 0.3 is 0 Å². The van der Waals surface area contributed by atoms with Gasteiger partial charge in [0, 0.05) is 16.8 Å². The SMILES string of the molecule is COc1ccc2c(ccn2C(=O)SC2CCCCC2)c1. The summed E-state index contributed by atoms with van der Waals surface area (Å²) >= 11 is 1.50. The van der Waals surface area contributed by atoms with E-state index in [2.05, 4.69) is 0 Å². The van der Waals surface area contributed by atoms with Gasteiger partial charge in [-0.1, -0.05) is 31.0 Å². The first-order valence-corrected chi connectivity index (χ1v) is 8.02. The Morgan fingerprint density at radius 2 is 2.05 bits per heavy atom. The lowest BCUT2D eigenvalue weighted by molar-refractivity contribution is 0.262. The summed E-state index contributed by atoms with van der Waals surface area (Å²) in [5.41, 5.74) is 0.958. The van der Waals surface area contributed by atoms with Crippen LogP contribution in [0.5, 0.6) is 5.75 Å². The number of nitrogens with zero attached hydrogens (tertiary/aromatic N) is 1. The molecule has 1 aliphatic carbocycles. The van der Waals surface area contributed by atoms with Crippen LogP contribution in [0, 0.1) is 0 Å². The molecule has 0 amide bonds. The van der Waals surface area contributed by atoms with Gasteiger partial charge in [-0.15, -0.1) is 0 Å². The summed E-state index contributed by atoms with van der Waals surface area (Å²) in [7, 11) is 1.66. The number of rotatable bonds is 2. The van der Waals surface area contributed by atoms with Gasteiger partial charge in [-0.25, -0.2) is 0 Å². The minimum Gasteiger partial charge on any atom is -0.497 e. The predicted octanol–water partition coefficient (Wildman–Crippen LogP) is 4.68. The molecule has 0 saturated heterocycles. The first kappa shape index (κ1) is 13.6. The normalized spacial score (nSPS) is 16.4. The number of carbonyl (C=O) groups excluding carboxylic acids is 1. The summed E-state index contributed by atoms with van der Waals surface area (Å²) in [6.07, 6.45) is 8.04. The Balaban J connectivity index is 1.80. The average Bonchev–Trinajstić information content (AvgIpc) is 2.91. The number of ether oxygens (including phenoxy) is 1. The first-order chi connectivity index (χ1) is 9.78. The van der Waals surface area contributed by atoms with E-state index in [1.165, 1.54) is 43.9 Å². The van der Waals surface area contributed by atoms with Crippen LogP contribution in [0.3, 0.4) is 0 Å². The Hall–Kier alpha value is -1.42. The number of hydrogen-bond donors (Lipinski definition) is 0. The molecule has 1 aliphatic rings. The molecule has 1 heterocycles. The van der Waals surface area contributed by atoms with E-state index in [0.29, 0.717) is 5.25 Å². The zero-order valence-corrected chi connectivity index (χ0v) is 12.5. The molecule has 1 aromatic heterocycles. The maximum Gasteiger partial charge on any atom is 0.290 e. The number of aromatic nitrogens is 1. The van der Waals surface area contributed by atoms with Gasteiger partial charge in [0.15, 0.2) is 0 Å². The van der Waals surface area contributed by atoms with E-state index in [-0.39, 0.29) is 5.24 Å². The molecule has 0 bridgehead atoms. The molecule has 0 spiro atoms. The molecule has 0 radical (unpaired) electrons. The van der Waals surface area contributed by atoms with E-state index in [9.17, 15) is 4.79 Å². The number of hydrogen-bond acceptors (Lipinski definition) is 3. The summed E-state index contributed by atoms with van der Waals surface area (Å²) in [6.45, 7) is 0. The highest BCUT2D eigenvalue weighted by Crippen LogP contribution is 2.31. The number of fused-ring (bicyclic) bond motifs is 1. The predicted molar refractivity (Wildman–Crippen MR) is 83.7 cm³/mol. The van der Waals surface area contributed by atoms with Crippen molar-refractivity contribution >= 4 is 27.9 Å². The van der Waals surface area contributed by atoms with Crippen LogP contribution in [0.1, 0.15) is 32.1 Å². The van der Waals surface area contributed by atoms with E-state index in [4.69, 9.17) is 4.74 Å². The third-order valence-corrected chi connectivity index (χ3v) is 5.12. The Kier molecular flexibility index (Phi) is 4.01. The van der Waals surface area contributed by atoms with Crippen molar-refractivity contribution in [1.29, 1.82) is 0 Å². The van der Waals surface area contributed by atoms with Crippen molar-refractivity contribution in [2.24, 2.45) is 0 Å². The van der Waals surface area contributed by atoms with Gasteiger partial charge in [0.25, 0.3) is 5.24 Å². The standard InChI is InChI=1S/C16H19NO2S/c1-19-13-7-8-15-12(11-13)9-10-17(15)16(18)20-14-5-3-2-4-6-14/h7-11,14H,2-6H2,1H3. The molecule has 3 nitrogen and oxygen atoms in total. The van der Waals surface area contributed by atoms with E-state index in [1.807, 2.05) is 30.5 Å². The van der Waals surface area contributed by atoms with Crippen molar-refractivity contribution < 1.29 is 9.53 Å². The van der Waals surface area contributed by atoms with Gasteiger partial charge in [-0.3, -0.25) is 9.36 Å². The van der Waals surface area contributed by atoms with Crippen LogP contribution in [0.4, 0.5) is 4.79 Å². The third kappa shape index (κ3) is 2.70. The summed E-state index contributed by atoms with van der Waals surface area (Å²) < 4.78 is 6.97. The summed E-state index contributed by atoms with van der Waals surface area (Å²) in [6, 6.07) is 7.78. The Bertz CT molecular complexity index is 614. The lowest BCUT2D eigenvalue weighted by Crippen LogP contribution is -2.14. The van der Waals surface area contributed by atoms with E-state index in [1.54, 1.807) is 11.7 Å². The van der Waals surface area contributed by atoms with Crippen molar-refractivity contribution in [1.82, 2.24) is 4.57 Å². The van der Waals surface area contributed by atoms with Crippen LogP contribution in [0.2, 0.25) is 0 Å². The topological polar surface area (TPSA) is 31.2 Å². The van der Waals surface area contributed by atoms with Gasteiger partial charge in [-0.2, -0.15) is 0 Å². The van der Waals surface area contributed by atoms with Crippen LogP contribution in [0.25, 0.3) is 10.9 Å². The zero-order chi connectivity index (χ0) is 13.9. The van der Waals surface area contributed by atoms with Crippen LogP contribution in [0.15, 0.2) is 30.5 Å². The quantitative estimate of drug-likeness (QED) is 0.804. The number of methoxy groups -OCH3 is 1. The Morgan fingerprint density at radius 3 is 2.80 bits per heavy atom. The van der Waals surface area contributed by atoms with E-state index >= 15 is 0 Å². The van der Waals surface area contributed by atoms with Gasteiger partial charge in [0.05, 0.1) is 12.6 Å². The van der Waals surface area contributed by atoms with Crippen LogP contribution < -0.4 is 4.74 Å². The summed E-state index contributed by atoms with van der Waals surface area (Å²) in [5, 5.41) is 1.67. The molecule has 2 aromatic rings. The molecule has 0 atom stereocenters. The minimum atomic E-state index is 0.136. The van der Waals surface area contributed by atoms with Gasteiger partial charge in [-0.05, 0) is 37.1 Å². The molecule has 106 valence electrons. The first-order valence-electron chi connectivity index (χ1n) is 7.14. The van der Waals surface area contributed by atoms with Gasteiger partial charge in [0.2, 0.25) is 0 Å². The monoisotopic (exact) mass is 289 g/mol. The highest BCUT2D eigenvalue weighted by atomic mass is 32.2. The summed E-state index contributed by atoms with van der Waals surface area (Å²) in [4.78, 5) is 12.4. The smallest absolute Gasteiger partial charge is 0.290 e. The second-order valence-corrected chi connectivity index (χ2v) is 6.51. The largest absolute Gasteiger partial charge is 0.497 e. The zero-order valence-electron chi connectivity index (χ0n) is 11.7. The fraction of sp³-hybridized carbons (Fsp3) is 0.438. The molecule has 1 fully saturated rings. The number of benzene rings is 1. The van der Waals surface area contributed by atoms with Crippen molar-refractivity contribution in [3.05, 3.63) is 30.5 Å². The number of carbonyl (C=O) groups is 1. The van der Waals surface area contributed by atoms with Gasteiger partial charge in [0.1, 0.15) is 5.75 Å². The maximum atomic E-state index is 12.4. The summed E-state index contributed by atoms with van der Waals surface area (Å²) in [5.74, 6) is 0.822. The molecule has 4 heteroatoms. The maximum absolute atomic E-state index is 12.4. The van der Waals surface area contributed by atoms with Crippen molar-refractivity contribution in [2.75, 3.05) is 7.11 Å². The van der Waals surface area contributed by atoms with Crippen LogP contribution in [-0.2, 0) is 0 Å². The molecular weight excluding hydrogens is 270 g/mol. The fourth-order valence-corrected chi connectivity index (χ4v) is 3.92. The molecule has 0 aliphatic heterocycles. The molecule has 1 saturated carbocycles. The van der Waals surface area contributed by atoms with Crippen molar-refractivity contribution in [2.45, 2.75) is 37.4 Å². The second-order valence-electron chi connectivity index (χ2n) is 5.25. The lowest BCUT2D eigenvalue weighted by atomic mass is 10.0. The van der Waals surface area contributed by atoms with Crippen LogP contribution in [-0.4, -0.2) is 22.2 Å². The molecular formula is C16H19NO2S. The molecule has 0 N–H and O–H groups in total. The van der Waals surface area contributed by atoms with Crippen molar-refractivity contribution in [3.8, 4) is 5.75 Å². The molecule has 3 rings (SSSR count). The van der Waals surface area contributed by atoms with Crippen LogP contribution >= 0.6 is 11.8 Å². The molecule has 20 heavy (non-hydrogen) atoms. The third-order valence-electron chi connectivity index (χ3n) is 3.91. The Morgan fingerprint density at radius 1 is 1.25 bits per heavy atom. The highest BCUT2D eigenvalue weighted by molar-refractivity contribution is 8.14. The van der Waals surface area contributed by atoms with Gasteiger partial charge < -0.3 is 4.74 Å². The van der Waals surface area contributed by atoms with E-state index < -0.39 is 0 Å². The number of thioether (sulfide) groups is 1. The molecule has 0 unspecified atom stereocenters. The molecule has 1 aromatic carbocycles. The van der Waals surface area contributed by atoms with E-state index in [0.717, 1.165) is 16.7 Å². The highest BCUT2D eigenvalue weighted by Gasteiger charge is 2.19. The minimum absolute atomic E-state index is 0.136. The average molecular weight is 289 g/mol.